The zero-order valence-corrected chi connectivity index (χ0v) is 11.9. The van der Waals surface area contributed by atoms with Crippen molar-refractivity contribution in [1.82, 2.24) is 5.32 Å². The molecule has 1 fully saturated rings. The van der Waals surface area contributed by atoms with Crippen LogP contribution >= 0.6 is 0 Å². The second-order valence-corrected chi connectivity index (χ2v) is 5.56. The van der Waals surface area contributed by atoms with Crippen molar-refractivity contribution in [2.45, 2.75) is 51.4 Å². The molecule has 0 spiro atoms. The zero-order valence-electron chi connectivity index (χ0n) is 11.9. The topological polar surface area (TPSA) is 29.1 Å². The van der Waals surface area contributed by atoms with Gasteiger partial charge in [0.15, 0.2) is 0 Å². The molecule has 1 aliphatic carbocycles. The Labute approximate surface area is 116 Å². The highest BCUT2D eigenvalue weighted by atomic mass is 16.2. The SMILES string of the molecule is CCCCCCCNC(=O)[C@H]1C[C@@H]1c1ccccc1. The molecule has 104 valence electrons. The molecule has 2 heteroatoms. The van der Waals surface area contributed by atoms with E-state index in [1.165, 1.54) is 31.2 Å². The fourth-order valence-electron chi connectivity index (χ4n) is 2.62. The average Bonchev–Trinajstić information content (AvgIpc) is 3.24. The molecule has 0 radical (unpaired) electrons. The summed E-state index contributed by atoms with van der Waals surface area (Å²) in [6.45, 7) is 3.07. The van der Waals surface area contributed by atoms with Crippen LogP contribution in [0.3, 0.4) is 0 Å². The molecule has 19 heavy (non-hydrogen) atoms. The van der Waals surface area contributed by atoms with Gasteiger partial charge in [-0.15, -0.1) is 0 Å². The normalized spacial score (nSPS) is 21.1. The van der Waals surface area contributed by atoms with Gasteiger partial charge in [-0.2, -0.15) is 0 Å². The molecule has 1 N–H and O–H groups in total. The van der Waals surface area contributed by atoms with Crippen LogP contribution in [0.25, 0.3) is 0 Å². The molecule has 0 saturated heterocycles. The quantitative estimate of drug-likeness (QED) is 0.705. The van der Waals surface area contributed by atoms with Gasteiger partial charge in [0.1, 0.15) is 0 Å². The van der Waals surface area contributed by atoms with Crippen molar-refractivity contribution in [1.29, 1.82) is 0 Å². The van der Waals surface area contributed by atoms with Gasteiger partial charge in [-0.1, -0.05) is 62.9 Å². The van der Waals surface area contributed by atoms with Gasteiger partial charge in [-0.3, -0.25) is 4.79 Å². The van der Waals surface area contributed by atoms with Gasteiger partial charge < -0.3 is 5.32 Å². The van der Waals surface area contributed by atoms with E-state index >= 15 is 0 Å². The van der Waals surface area contributed by atoms with E-state index in [-0.39, 0.29) is 11.8 Å². The van der Waals surface area contributed by atoms with E-state index in [4.69, 9.17) is 0 Å². The van der Waals surface area contributed by atoms with Gasteiger partial charge in [-0.05, 0) is 24.3 Å². The number of benzene rings is 1. The molecule has 2 nitrogen and oxygen atoms in total. The Morgan fingerprint density at radius 3 is 2.63 bits per heavy atom. The molecular formula is C17H25NO. The summed E-state index contributed by atoms with van der Waals surface area (Å²) in [4.78, 5) is 12.0. The Balaban J connectivity index is 1.61. The van der Waals surface area contributed by atoms with Crippen LogP contribution in [-0.4, -0.2) is 12.5 Å². The number of hydrogen-bond donors (Lipinski definition) is 1. The Morgan fingerprint density at radius 1 is 1.16 bits per heavy atom. The van der Waals surface area contributed by atoms with E-state index < -0.39 is 0 Å². The average molecular weight is 259 g/mol. The van der Waals surface area contributed by atoms with Gasteiger partial charge in [0.05, 0.1) is 0 Å². The van der Waals surface area contributed by atoms with Crippen molar-refractivity contribution < 1.29 is 4.79 Å². The first kappa shape index (κ1) is 14.1. The predicted molar refractivity (Wildman–Crippen MR) is 79.1 cm³/mol. The summed E-state index contributed by atoms with van der Waals surface area (Å²) in [5.41, 5.74) is 1.31. The molecule has 1 saturated carbocycles. The van der Waals surface area contributed by atoms with E-state index in [2.05, 4.69) is 36.5 Å². The molecule has 1 aromatic carbocycles. The summed E-state index contributed by atoms with van der Waals surface area (Å²) in [7, 11) is 0. The molecular weight excluding hydrogens is 234 g/mol. The highest BCUT2D eigenvalue weighted by Crippen LogP contribution is 2.47. The highest BCUT2D eigenvalue weighted by Gasteiger charge is 2.43. The number of rotatable bonds is 8. The Kier molecular flexibility index (Phi) is 5.44. The summed E-state index contributed by atoms with van der Waals surface area (Å²) >= 11 is 0. The second kappa shape index (κ2) is 7.32. The highest BCUT2D eigenvalue weighted by molar-refractivity contribution is 5.82. The third kappa shape index (κ3) is 4.38. The first-order valence-electron chi connectivity index (χ1n) is 7.65. The van der Waals surface area contributed by atoms with Crippen LogP contribution in [0.15, 0.2) is 30.3 Å². The van der Waals surface area contributed by atoms with E-state index in [0.717, 1.165) is 19.4 Å². The van der Waals surface area contributed by atoms with Crippen molar-refractivity contribution in [3.8, 4) is 0 Å². The number of carbonyl (C=O) groups excluding carboxylic acids is 1. The molecule has 0 aliphatic heterocycles. The third-order valence-electron chi connectivity index (χ3n) is 3.93. The molecule has 1 aliphatic rings. The smallest absolute Gasteiger partial charge is 0.223 e. The van der Waals surface area contributed by atoms with E-state index in [9.17, 15) is 4.79 Å². The summed E-state index contributed by atoms with van der Waals surface area (Å²) in [5.74, 6) is 0.934. The van der Waals surface area contributed by atoms with Crippen LogP contribution in [0.1, 0.15) is 56.9 Å². The summed E-state index contributed by atoms with van der Waals surface area (Å²) in [5, 5.41) is 3.08. The summed E-state index contributed by atoms with van der Waals surface area (Å²) in [6.07, 6.45) is 7.25. The predicted octanol–water partition coefficient (Wildman–Crippen LogP) is 3.88. The molecule has 0 aromatic heterocycles. The van der Waals surface area contributed by atoms with Crippen LogP contribution in [0.4, 0.5) is 0 Å². The van der Waals surface area contributed by atoms with Crippen molar-refractivity contribution >= 4 is 5.91 Å². The molecule has 0 unspecified atom stereocenters. The van der Waals surface area contributed by atoms with E-state index in [1.807, 2.05) is 6.07 Å². The summed E-state index contributed by atoms with van der Waals surface area (Å²) in [6, 6.07) is 10.4. The van der Waals surface area contributed by atoms with Crippen LogP contribution in [0.2, 0.25) is 0 Å². The lowest BCUT2D eigenvalue weighted by molar-refractivity contribution is -0.122. The largest absolute Gasteiger partial charge is 0.356 e. The molecule has 0 heterocycles. The van der Waals surface area contributed by atoms with Crippen LogP contribution in [0.5, 0.6) is 0 Å². The Hall–Kier alpha value is -1.31. The van der Waals surface area contributed by atoms with Gasteiger partial charge >= 0.3 is 0 Å². The lowest BCUT2D eigenvalue weighted by Crippen LogP contribution is -2.26. The molecule has 1 aromatic rings. The fraction of sp³-hybridized carbons (Fsp3) is 0.588. The van der Waals surface area contributed by atoms with Gasteiger partial charge in [0, 0.05) is 12.5 Å². The van der Waals surface area contributed by atoms with Crippen LogP contribution < -0.4 is 5.32 Å². The Bertz CT molecular complexity index is 388. The van der Waals surface area contributed by atoms with E-state index in [0.29, 0.717) is 5.92 Å². The Morgan fingerprint density at radius 2 is 1.89 bits per heavy atom. The molecule has 0 bridgehead atoms. The maximum atomic E-state index is 12.0. The van der Waals surface area contributed by atoms with Crippen molar-refractivity contribution in [2.24, 2.45) is 5.92 Å². The minimum atomic E-state index is 0.220. The lowest BCUT2D eigenvalue weighted by atomic mass is 10.1. The monoisotopic (exact) mass is 259 g/mol. The third-order valence-corrected chi connectivity index (χ3v) is 3.93. The molecule has 2 rings (SSSR count). The first-order chi connectivity index (χ1) is 9.33. The standard InChI is InChI=1S/C17H25NO/c1-2-3-4-5-9-12-18-17(19)16-13-15(16)14-10-7-6-8-11-14/h6-8,10-11,15-16H,2-5,9,12-13H2,1H3,(H,18,19)/t15-,16+/m1/s1. The van der Waals surface area contributed by atoms with E-state index in [1.54, 1.807) is 0 Å². The van der Waals surface area contributed by atoms with Crippen LogP contribution in [0, 0.1) is 5.92 Å². The zero-order chi connectivity index (χ0) is 13.5. The molecule has 1 amide bonds. The number of hydrogen-bond acceptors (Lipinski definition) is 1. The number of nitrogens with one attached hydrogen (secondary N) is 1. The number of unbranched alkanes of at least 4 members (excludes halogenated alkanes) is 4. The first-order valence-corrected chi connectivity index (χ1v) is 7.65. The number of carbonyl (C=O) groups is 1. The fourth-order valence-corrected chi connectivity index (χ4v) is 2.62. The number of amides is 1. The maximum absolute atomic E-state index is 12.0. The van der Waals surface area contributed by atoms with Gasteiger partial charge in [0.2, 0.25) is 5.91 Å². The minimum Gasteiger partial charge on any atom is -0.356 e. The maximum Gasteiger partial charge on any atom is 0.223 e. The van der Waals surface area contributed by atoms with Crippen molar-refractivity contribution in [3.05, 3.63) is 35.9 Å². The van der Waals surface area contributed by atoms with Crippen molar-refractivity contribution in [2.75, 3.05) is 6.54 Å². The second-order valence-electron chi connectivity index (χ2n) is 5.56. The lowest BCUT2D eigenvalue weighted by Gasteiger charge is -2.05. The van der Waals surface area contributed by atoms with Crippen molar-refractivity contribution in [3.63, 3.8) is 0 Å². The minimum absolute atomic E-state index is 0.220. The molecule has 2 atom stereocenters. The van der Waals surface area contributed by atoms with Gasteiger partial charge in [0.25, 0.3) is 0 Å². The van der Waals surface area contributed by atoms with Gasteiger partial charge in [-0.25, -0.2) is 0 Å². The summed E-state index contributed by atoms with van der Waals surface area (Å²) < 4.78 is 0. The van der Waals surface area contributed by atoms with Crippen LogP contribution in [-0.2, 0) is 4.79 Å².